The molecule has 0 aliphatic heterocycles. The van der Waals surface area contributed by atoms with Crippen molar-refractivity contribution in [3.8, 4) is 0 Å². The monoisotopic (exact) mass is 490 g/mol. The minimum atomic E-state index is -0.641. The van der Waals surface area contributed by atoms with E-state index in [1.165, 1.54) is 5.56 Å². The molecule has 3 aromatic carbocycles. The van der Waals surface area contributed by atoms with E-state index in [0.29, 0.717) is 30.8 Å². The van der Waals surface area contributed by atoms with Crippen molar-refractivity contribution in [3.05, 3.63) is 106 Å². The molecule has 0 unspecified atom stereocenters. The number of amides is 2. The SMILES string of the molecule is Cc1ccc(CCC(=O)N(Cc2ccc(Cl)cc2)[C@H](Cc2ccccc2)C(=O)NC(C)(C)C)cc1. The third-order valence-corrected chi connectivity index (χ3v) is 6.04. The van der Waals surface area contributed by atoms with Crippen LogP contribution in [-0.4, -0.2) is 28.3 Å². The van der Waals surface area contributed by atoms with Crippen molar-refractivity contribution in [2.75, 3.05) is 0 Å². The Hall–Kier alpha value is -3.11. The lowest BCUT2D eigenvalue weighted by atomic mass is 9.99. The summed E-state index contributed by atoms with van der Waals surface area (Å²) in [6.07, 6.45) is 1.38. The fourth-order valence-corrected chi connectivity index (χ4v) is 4.07. The summed E-state index contributed by atoms with van der Waals surface area (Å²) in [7, 11) is 0. The molecule has 3 rings (SSSR count). The fourth-order valence-electron chi connectivity index (χ4n) is 3.94. The van der Waals surface area contributed by atoms with Crippen molar-refractivity contribution in [2.45, 2.75) is 65.1 Å². The predicted molar refractivity (Wildman–Crippen MR) is 143 cm³/mol. The molecule has 2 amide bonds. The number of benzene rings is 3. The van der Waals surface area contributed by atoms with Crippen LogP contribution >= 0.6 is 11.6 Å². The summed E-state index contributed by atoms with van der Waals surface area (Å²) in [5, 5.41) is 3.73. The van der Waals surface area contributed by atoms with Crippen molar-refractivity contribution >= 4 is 23.4 Å². The highest BCUT2D eigenvalue weighted by atomic mass is 35.5. The third-order valence-electron chi connectivity index (χ3n) is 5.78. The van der Waals surface area contributed by atoms with E-state index < -0.39 is 11.6 Å². The van der Waals surface area contributed by atoms with E-state index in [-0.39, 0.29) is 11.8 Å². The highest BCUT2D eigenvalue weighted by molar-refractivity contribution is 6.30. The summed E-state index contributed by atoms with van der Waals surface area (Å²) < 4.78 is 0. The minimum absolute atomic E-state index is 0.0504. The number of hydrogen-bond acceptors (Lipinski definition) is 2. The van der Waals surface area contributed by atoms with Crippen LogP contribution in [0.4, 0.5) is 0 Å². The largest absolute Gasteiger partial charge is 0.350 e. The van der Waals surface area contributed by atoms with E-state index in [9.17, 15) is 9.59 Å². The Morgan fingerprint density at radius 1 is 0.857 bits per heavy atom. The number of nitrogens with zero attached hydrogens (tertiary/aromatic N) is 1. The fraction of sp³-hybridized carbons (Fsp3) is 0.333. The molecule has 0 aliphatic rings. The third kappa shape index (κ3) is 8.56. The lowest BCUT2D eigenvalue weighted by Gasteiger charge is -2.34. The van der Waals surface area contributed by atoms with Crippen LogP contribution in [0.15, 0.2) is 78.9 Å². The van der Waals surface area contributed by atoms with Gasteiger partial charge in [0.15, 0.2) is 0 Å². The molecule has 184 valence electrons. The second-order valence-electron chi connectivity index (χ2n) is 10.1. The van der Waals surface area contributed by atoms with Crippen LogP contribution in [-0.2, 0) is 29.0 Å². The van der Waals surface area contributed by atoms with Crippen molar-refractivity contribution in [1.29, 1.82) is 0 Å². The number of hydrogen-bond donors (Lipinski definition) is 1. The molecule has 1 atom stereocenters. The van der Waals surface area contributed by atoms with Gasteiger partial charge in [-0.05, 0) is 62.9 Å². The molecule has 0 saturated carbocycles. The second-order valence-corrected chi connectivity index (χ2v) is 10.5. The van der Waals surface area contributed by atoms with Gasteiger partial charge in [0.2, 0.25) is 11.8 Å². The van der Waals surface area contributed by atoms with E-state index >= 15 is 0 Å². The van der Waals surface area contributed by atoms with Gasteiger partial charge in [0.1, 0.15) is 6.04 Å². The van der Waals surface area contributed by atoms with Crippen LogP contribution in [0, 0.1) is 6.92 Å². The van der Waals surface area contributed by atoms with E-state index in [4.69, 9.17) is 11.6 Å². The van der Waals surface area contributed by atoms with Crippen molar-refractivity contribution in [1.82, 2.24) is 10.2 Å². The summed E-state index contributed by atoms with van der Waals surface area (Å²) in [4.78, 5) is 28.9. The first-order chi connectivity index (χ1) is 16.6. The zero-order valence-corrected chi connectivity index (χ0v) is 21.8. The smallest absolute Gasteiger partial charge is 0.243 e. The molecule has 0 heterocycles. The summed E-state index contributed by atoms with van der Waals surface area (Å²) in [6.45, 7) is 8.23. The van der Waals surface area contributed by atoms with Crippen LogP contribution in [0.5, 0.6) is 0 Å². The quantitative estimate of drug-likeness (QED) is 0.392. The molecular formula is C30H35ClN2O2. The van der Waals surface area contributed by atoms with Gasteiger partial charge in [0, 0.05) is 29.9 Å². The van der Waals surface area contributed by atoms with E-state index in [1.54, 1.807) is 4.90 Å². The number of carbonyl (C=O) groups excluding carboxylic acids is 2. The number of carbonyl (C=O) groups is 2. The Morgan fingerprint density at radius 2 is 1.46 bits per heavy atom. The maximum atomic E-state index is 13.7. The van der Waals surface area contributed by atoms with Gasteiger partial charge in [-0.25, -0.2) is 0 Å². The van der Waals surface area contributed by atoms with Crippen LogP contribution in [0.25, 0.3) is 0 Å². The lowest BCUT2D eigenvalue weighted by Crippen LogP contribution is -2.54. The zero-order chi connectivity index (χ0) is 25.4. The molecule has 0 fully saturated rings. The van der Waals surface area contributed by atoms with Gasteiger partial charge in [-0.1, -0.05) is 83.9 Å². The summed E-state index contributed by atoms with van der Waals surface area (Å²) in [6, 6.07) is 24.9. The standard InChI is InChI=1S/C30H35ClN2O2/c1-22-10-12-23(13-11-22)16-19-28(34)33(21-25-14-17-26(31)18-15-25)27(29(35)32-30(2,3)4)20-24-8-6-5-7-9-24/h5-15,17-18,27H,16,19-21H2,1-4H3,(H,32,35)/t27-/m1/s1. The van der Waals surface area contributed by atoms with Crippen molar-refractivity contribution in [2.24, 2.45) is 0 Å². The number of aryl methyl sites for hydroxylation is 2. The maximum absolute atomic E-state index is 13.7. The van der Waals surface area contributed by atoms with Gasteiger partial charge >= 0.3 is 0 Å². The number of halogens is 1. The molecule has 0 spiro atoms. The molecular weight excluding hydrogens is 456 g/mol. The van der Waals surface area contributed by atoms with Gasteiger partial charge in [-0.2, -0.15) is 0 Å². The lowest BCUT2D eigenvalue weighted by molar-refractivity contribution is -0.141. The Bertz CT molecular complexity index is 1100. The normalized spacial score (nSPS) is 12.1. The molecule has 0 aromatic heterocycles. The topological polar surface area (TPSA) is 49.4 Å². The molecule has 3 aromatic rings. The summed E-state index contributed by atoms with van der Waals surface area (Å²) in [5.74, 6) is -0.204. The second kappa shape index (κ2) is 12.0. The van der Waals surface area contributed by atoms with Crippen LogP contribution in [0.2, 0.25) is 5.02 Å². The Labute approximate surface area is 214 Å². The van der Waals surface area contributed by atoms with E-state index in [0.717, 1.165) is 16.7 Å². The van der Waals surface area contributed by atoms with Crippen LogP contribution in [0.1, 0.15) is 49.4 Å². The van der Waals surface area contributed by atoms with Gasteiger partial charge in [0.25, 0.3) is 0 Å². The highest BCUT2D eigenvalue weighted by Crippen LogP contribution is 2.19. The van der Waals surface area contributed by atoms with Gasteiger partial charge in [-0.3, -0.25) is 9.59 Å². The average molecular weight is 491 g/mol. The molecule has 5 heteroatoms. The molecule has 0 radical (unpaired) electrons. The molecule has 0 bridgehead atoms. The Kier molecular flexibility index (Phi) is 9.11. The average Bonchev–Trinajstić information content (AvgIpc) is 2.81. The van der Waals surface area contributed by atoms with Gasteiger partial charge in [0.05, 0.1) is 0 Å². The number of rotatable bonds is 9. The summed E-state index contributed by atoms with van der Waals surface area (Å²) >= 11 is 6.09. The number of nitrogens with one attached hydrogen (secondary N) is 1. The van der Waals surface area contributed by atoms with Crippen molar-refractivity contribution in [3.63, 3.8) is 0 Å². The summed E-state index contributed by atoms with van der Waals surface area (Å²) in [5.41, 5.74) is 3.82. The first kappa shape index (κ1) is 26.5. The molecule has 1 N–H and O–H groups in total. The Morgan fingerprint density at radius 3 is 2.06 bits per heavy atom. The van der Waals surface area contributed by atoms with E-state index in [1.807, 2.05) is 82.3 Å². The molecule has 0 aliphatic carbocycles. The highest BCUT2D eigenvalue weighted by Gasteiger charge is 2.32. The maximum Gasteiger partial charge on any atom is 0.243 e. The molecule has 0 saturated heterocycles. The van der Waals surface area contributed by atoms with Gasteiger partial charge < -0.3 is 10.2 Å². The minimum Gasteiger partial charge on any atom is -0.350 e. The Balaban J connectivity index is 1.91. The van der Waals surface area contributed by atoms with Crippen LogP contribution < -0.4 is 5.32 Å². The predicted octanol–water partition coefficient (Wildman–Crippen LogP) is 6.14. The zero-order valence-electron chi connectivity index (χ0n) is 21.1. The first-order valence-electron chi connectivity index (χ1n) is 12.1. The van der Waals surface area contributed by atoms with Crippen LogP contribution in [0.3, 0.4) is 0 Å². The molecule has 4 nitrogen and oxygen atoms in total. The van der Waals surface area contributed by atoms with Crippen molar-refractivity contribution < 1.29 is 9.59 Å². The molecule has 35 heavy (non-hydrogen) atoms. The van der Waals surface area contributed by atoms with E-state index in [2.05, 4.69) is 29.6 Å². The first-order valence-corrected chi connectivity index (χ1v) is 12.4. The van der Waals surface area contributed by atoms with Gasteiger partial charge in [-0.15, -0.1) is 0 Å².